The van der Waals surface area contributed by atoms with E-state index in [-0.39, 0.29) is 34.1 Å². The highest BCUT2D eigenvalue weighted by molar-refractivity contribution is 7.91. The van der Waals surface area contributed by atoms with Gasteiger partial charge in [-0.25, -0.2) is 16.8 Å². The van der Waals surface area contributed by atoms with E-state index in [1.807, 2.05) is 6.92 Å². The van der Waals surface area contributed by atoms with Crippen LogP contribution in [0.5, 0.6) is 0 Å². The van der Waals surface area contributed by atoms with E-state index in [4.69, 9.17) is 4.74 Å². The average Bonchev–Trinajstić information content (AvgIpc) is 2.73. The lowest BCUT2D eigenvalue weighted by Gasteiger charge is -2.27. The number of ether oxygens (including phenoxy) is 1. The molecule has 0 aromatic heterocycles. The van der Waals surface area contributed by atoms with Gasteiger partial charge in [0, 0.05) is 24.9 Å². The van der Waals surface area contributed by atoms with Crippen LogP contribution in [-0.2, 0) is 31.0 Å². The number of rotatable bonds is 6. The summed E-state index contributed by atoms with van der Waals surface area (Å²) in [7, 11) is -7.33. The SMILES string of the molecule is CCc1ccc(C(=O)Nc2ccccc2S(C)(=O)=O)cc1S(=O)(=O)N1CCOCC1. The fourth-order valence-corrected chi connectivity index (χ4v) is 5.81. The maximum absolute atomic E-state index is 13.1. The Morgan fingerprint density at radius 3 is 2.33 bits per heavy atom. The van der Waals surface area contributed by atoms with Crippen LogP contribution in [0.3, 0.4) is 0 Å². The lowest BCUT2D eigenvalue weighted by molar-refractivity contribution is 0.0730. The third-order valence-electron chi connectivity index (χ3n) is 4.83. The monoisotopic (exact) mass is 452 g/mol. The fraction of sp³-hybridized carbons (Fsp3) is 0.350. The van der Waals surface area contributed by atoms with Crippen molar-refractivity contribution in [3.8, 4) is 0 Å². The zero-order valence-corrected chi connectivity index (χ0v) is 18.4. The molecule has 1 amide bonds. The first kappa shape index (κ1) is 22.4. The number of sulfone groups is 1. The summed E-state index contributed by atoms with van der Waals surface area (Å²) in [4.78, 5) is 12.9. The van der Waals surface area contributed by atoms with Crippen LogP contribution in [0, 0.1) is 0 Å². The molecule has 0 atom stereocenters. The summed E-state index contributed by atoms with van der Waals surface area (Å²) >= 11 is 0. The Balaban J connectivity index is 1.97. The molecule has 1 aliphatic heterocycles. The van der Waals surface area contributed by atoms with Crippen LogP contribution in [0.15, 0.2) is 52.3 Å². The quantitative estimate of drug-likeness (QED) is 0.717. The van der Waals surface area contributed by atoms with E-state index in [2.05, 4.69) is 5.32 Å². The van der Waals surface area contributed by atoms with Gasteiger partial charge in [-0.05, 0) is 36.2 Å². The molecular weight excluding hydrogens is 428 g/mol. The zero-order chi connectivity index (χ0) is 21.9. The summed E-state index contributed by atoms with van der Waals surface area (Å²) in [5.41, 5.74) is 0.874. The number of morpholine rings is 1. The van der Waals surface area contributed by atoms with Crippen molar-refractivity contribution in [3.63, 3.8) is 0 Å². The van der Waals surface area contributed by atoms with E-state index in [1.54, 1.807) is 18.2 Å². The second-order valence-electron chi connectivity index (χ2n) is 6.91. The minimum atomic E-state index is -3.79. The number of benzene rings is 2. The first-order chi connectivity index (χ1) is 14.1. The van der Waals surface area contributed by atoms with Crippen molar-refractivity contribution < 1.29 is 26.4 Å². The van der Waals surface area contributed by atoms with Crippen molar-refractivity contribution in [2.45, 2.75) is 23.1 Å². The minimum absolute atomic E-state index is 0.00955. The molecule has 2 aromatic rings. The van der Waals surface area contributed by atoms with Crippen molar-refractivity contribution in [1.29, 1.82) is 0 Å². The Bertz CT molecular complexity index is 1150. The van der Waals surface area contributed by atoms with Gasteiger partial charge >= 0.3 is 0 Å². The molecule has 1 N–H and O–H groups in total. The first-order valence-corrected chi connectivity index (χ1v) is 12.8. The average molecular weight is 453 g/mol. The van der Waals surface area contributed by atoms with Crippen LogP contribution >= 0.6 is 0 Å². The number of nitrogens with one attached hydrogen (secondary N) is 1. The van der Waals surface area contributed by atoms with E-state index in [1.165, 1.54) is 28.6 Å². The maximum atomic E-state index is 13.1. The predicted molar refractivity (Wildman–Crippen MR) is 113 cm³/mol. The molecule has 1 fully saturated rings. The first-order valence-electron chi connectivity index (χ1n) is 9.46. The van der Waals surface area contributed by atoms with Gasteiger partial charge in [0.1, 0.15) is 0 Å². The summed E-state index contributed by atoms with van der Waals surface area (Å²) in [6.07, 6.45) is 1.54. The molecule has 2 aromatic carbocycles. The fourth-order valence-electron chi connectivity index (χ4n) is 3.24. The molecule has 0 unspecified atom stereocenters. The Morgan fingerprint density at radius 1 is 1.03 bits per heavy atom. The zero-order valence-electron chi connectivity index (χ0n) is 16.8. The number of carbonyl (C=O) groups excluding carboxylic acids is 1. The highest BCUT2D eigenvalue weighted by Gasteiger charge is 2.29. The standard InChI is InChI=1S/C20H24N2O6S2/c1-3-15-8-9-16(14-19(15)30(26,27)22-10-12-28-13-11-22)20(23)21-17-6-4-5-7-18(17)29(2,24)25/h4-9,14H,3,10-13H2,1-2H3,(H,21,23). The van der Waals surface area contributed by atoms with Gasteiger partial charge in [-0.15, -0.1) is 0 Å². The molecular formula is C20H24N2O6S2. The third kappa shape index (κ3) is 4.72. The molecule has 1 aliphatic rings. The van der Waals surface area contributed by atoms with Crippen molar-refractivity contribution in [1.82, 2.24) is 4.31 Å². The maximum Gasteiger partial charge on any atom is 0.255 e. The van der Waals surface area contributed by atoms with Crippen LogP contribution in [0.2, 0.25) is 0 Å². The molecule has 10 heteroatoms. The summed E-state index contributed by atoms with van der Waals surface area (Å²) in [6, 6.07) is 10.6. The number of amides is 1. The van der Waals surface area contributed by atoms with E-state index in [9.17, 15) is 21.6 Å². The van der Waals surface area contributed by atoms with E-state index < -0.39 is 25.8 Å². The minimum Gasteiger partial charge on any atom is -0.379 e. The van der Waals surface area contributed by atoms with Gasteiger partial charge in [0.15, 0.2) is 9.84 Å². The largest absolute Gasteiger partial charge is 0.379 e. The van der Waals surface area contributed by atoms with Gasteiger partial charge < -0.3 is 10.1 Å². The van der Waals surface area contributed by atoms with Crippen LogP contribution in [0.25, 0.3) is 0 Å². The second kappa shape index (κ2) is 8.84. The summed E-state index contributed by atoms with van der Waals surface area (Å²) < 4.78 is 56.8. The van der Waals surface area contributed by atoms with Crippen LogP contribution in [-0.4, -0.2) is 59.6 Å². The number of anilines is 1. The van der Waals surface area contributed by atoms with Gasteiger partial charge in [0.25, 0.3) is 5.91 Å². The lowest BCUT2D eigenvalue weighted by atomic mass is 10.1. The van der Waals surface area contributed by atoms with E-state index in [0.29, 0.717) is 25.2 Å². The Morgan fingerprint density at radius 2 is 1.70 bits per heavy atom. The normalized spacial score (nSPS) is 15.7. The van der Waals surface area contributed by atoms with E-state index in [0.717, 1.165) is 6.26 Å². The number of hydrogen-bond donors (Lipinski definition) is 1. The molecule has 0 saturated carbocycles. The van der Waals surface area contributed by atoms with Gasteiger partial charge in [-0.2, -0.15) is 4.31 Å². The smallest absolute Gasteiger partial charge is 0.255 e. The molecule has 0 bridgehead atoms. The molecule has 1 saturated heterocycles. The number of hydrogen-bond acceptors (Lipinski definition) is 6. The van der Waals surface area contributed by atoms with E-state index >= 15 is 0 Å². The van der Waals surface area contributed by atoms with Crippen molar-refractivity contribution in [3.05, 3.63) is 53.6 Å². The summed E-state index contributed by atoms with van der Waals surface area (Å²) in [5.74, 6) is -0.591. The number of sulfonamides is 1. The number of aryl methyl sites for hydroxylation is 1. The van der Waals surface area contributed by atoms with Gasteiger partial charge in [-0.3, -0.25) is 4.79 Å². The van der Waals surface area contributed by atoms with Crippen molar-refractivity contribution in [2.24, 2.45) is 0 Å². The van der Waals surface area contributed by atoms with Gasteiger partial charge in [0.2, 0.25) is 10.0 Å². The highest BCUT2D eigenvalue weighted by Crippen LogP contribution is 2.25. The lowest BCUT2D eigenvalue weighted by Crippen LogP contribution is -2.41. The van der Waals surface area contributed by atoms with Gasteiger partial charge in [0.05, 0.1) is 28.7 Å². The van der Waals surface area contributed by atoms with Crippen molar-refractivity contribution in [2.75, 3.05) is 37.9 Å². The molecule has 30 heavy (non-hydrogen) atoms. The second-order valence-corrected chi connectivity index (χ2v) is 10.8. The molecule has 0 aliphatic carbocycles. The number of carbonyl (C=O) groups is 1. The molecule has 8 nitrogen and oxygen atoms in total. The molecule has 162 valence electrons. The van der Waals surface area contributed by atoms with Crippen LogP contribution < -0.4 is 5.32 Å². The molecule has 1 heterocycles. The van der Waals surface area contributed by atoms with Crippen LogP contribution in [0.4, 0.5) is 5.69 Å². The summed E-state index contributed by atoms with van der Waals surface area (Å²) in [6.45, 7) is 3.00. The summed E-state index contributed by atoms with van der Waals surface area (Å²) in [5, 5.41) is 2.58. The third-order valence-corrected chi connectivity index (χ3v) is 7.97. The predicted octanol–water partition coefficient (Wildman–Crippen LogP) is 1.93. The van der Waals surface area contributed by atoms with Crippen LogP contribution in [0.1, 0.15) is 22.8 Å². The number of nitrogens with zero attached hydrogens (tertiary/aromatic N) is 1. The Kier molecular flexibility index (Phi) is 6.61. The molecule has 0 radical (unpaired) electrons. The highest BCUT2D eigenvalue weighted by atomic mass is 32.2. The Hall–Kier alpha value is -2.27. The number of para-hydroxylation sites is 1. The molecule has 3 rings (SSSR count). The van der Waals surface area contributed by atoms with Crippen molar-refractivity contribution >= 4 is 31.5 Å². The molecule has 0 spiro atoms. The topological polar surface area (TPSA) is 110 Å². The Labute approximate surface area is 176 Å². The van der Waals surface area contributed by atoms with Gasteiger partial charge in [-0.1, -0.05) is 25.1 Å².